The van der Waals surface area contributed by atoms with Gasteiger partial charge < -0.3 is 0 Å². The molecule has 0 fully saturated rings. The molecule has 0 aliphatic heterocycles. The molecule has 2 heterocycles. The van der Waals surface area contributed by atoms with Gasteiger partial charge in [-0.1, -0.05) is 17.7 Å². The van der Waals surface area contributed by atoms with Gasteiger partial charge in [-0.05, 0) is 46.3 Å². The predicted molar refractivity (Wildman–Crippen MR) is 84.9 cm³/mol. The number of carbonyl (C=O) groups is 1. The van der Waals surface area contributed by atoms with E-state index in [0.29, 0.717) is 22.0 Å². The summed E-state index contributed by atoms with van der Waals surface area (Å²) in [5.74, 6) is 0. The Kier molecular flexibility index (Phi) is 3.86. The van der Waals surface area contributed by atoms with Crippen LogP contribution in [-0.2, 0) is 0 Å². The zero-order chi connectivity index (χ0) is 14.8. The third-order valence-electron chi connectivity index (χ3n) is 2.91. The van der Waals surface area contributed by atoms with Crippen LogP contribution < -0.4 is 0 Å². The standard InChI is InChI=1S/C15H9BrClN3O/c16-11-4-5-14(18-7-11)15-10(9-21)8-20(19-15)13-3-1-2-12(17)6-13/h1-9H. The molecule has 1 aromatic carbocycles. The number of aldehydes is 1. The van der Waals surface area contributed by atoms with Gasteiger partial charge in [-0.15, -0.1) is 0 Å². The normalized spacial score (nSPS) is 10.6. The molecule has 0 radical (unpaired) electrons. The van der Waals surface area contributed by atoms with Gasteiger partial charge in [0.15, 0.2) is 6.29 Å². The Morgan fingerprint density at radius 3 is 2.76 bits per heavy atom. The molecule has 2 aromatic heterocycles. The number of aromatic nitrogens is 3. The van der Waals surface area contributed by atoms with Gasteiger partial charge >= 0.3 is 0 Å². The third-order valence-corrected chi connectivity index (χ3v) is 3.62. The highest BCUT2D eigenvalue weighted by molar-refractivity contribution is 9.10. The zero-order valence-corrected chi connectivity index (χ0v) is 13.0. The van der Waals surface area contributed by atoms with Gasteiger partial charge in [-0.25, -0.2) is 4.68 Å². The summed E-state index contributed by atoms with van der Waals surface area (Å²) in [6, 6.07) is 10.9. The fourth-order valence-electron chi connectivity index (χ4n) is 1.94. The van der Waals surface area contributed by atoms with Crippen molar-refractivity contribution in [3.8, 4) is 17.1 Å². The molecule has 0 saturated heterocycles. The lowest BCUT2D eigenvalue weighted by molar-refractivity contribution is 0.112. The Hall–Kier alpha value is -1.98. The van der Waals surface area contributed by atoms with Crippen molar-refractivity contribution in [2.24, 2.45) is 0 Å². The summed E-state index contributed by atoms with van der Waals surface area (Å²) in [5, 5.41) is 5.05. The minimum absolute atomic E-state index is 0.477. The molecule has 0 aliphatic carbocycles. The van der Waals surface area contributed by atoms with Gasteiger partial charge in [-0.3, -0.25) is 9.78 Å². The summed E-state index contributed by atoms with van der Waals surface area (Å²) < 4.78 is 2.49. The summed E-state index contributed by atoms with van der Waals surface area (Å²) in [4.78, 5) is 15.5. The van der Waals surface area contributed by atoms with Crippen molar-refractivity contribution in [2.75, 3.05) is 0 Å². The van der Waals surface area contributed by atoms with E-state index in [1.165, 1.54) is 0 Å². The number of hydrogen-bond acceptors (Lipinski definition) is 3. The summed E-state index contributed by atoms with van der Waals surface area (Å²) in [5.41, 5.74) is 2.44. The number of carbonyl (C=O) groups excluding carboxylic acids is 1. The van der Waals surface area contributed by atoms with Gasteiger partial charge in [0.25, 0.3) is 0 Å². The molecule has 4 nitrogen and oxygen atoms in total. The molecule has 3 rings (SSSR count). The van der Waals surface area contributed by atoms with Crippen LogP contribution in [0.5, 0.6) is 0 Å². The second kappa shape index (κ2) is 5.79. The van der Waals surface area contributed by atoms with Crippen LogP contribution in [0.3, 0.4) is 0 Å². The topological polar surface area (TPSA) is 47.8 Å². The zero-order valence-electron chi connectivity index (χ0n) is 10.7. The van der Waals surface area contributed by atoms with Crippen molar-refractivity contribution in [3.05, 3.63) is 63.9 Å². The van der Waals surface area contributed by atoms with Crippen molar-refractivity contribution in [1.82, 2.24) is 14.8 Å². The van der Waals surface area contributed by atoms with E-state index in [2.05, 4.69) is 26.0 Å². The summed E-state index contributed by atoms with van der Waals surface area (Å²) in [6.45, 7) is 0. The molecule has 0 atom stereocenters. The SMILES string of the molecule is O=Cc1cn(-c2cccc(Cl)c2)nc1-c1ccc(Br)cn1. The minimum Gasteiger partial charge on any atom is -0.298 e. The summed E-state index contributed by atoms with van der Waals surface area (Å²) in [7, 11) is 0. The van der Waals surface area contributed by atoms with Crippen LogP contribution in [0.2, 0.25) is 5.02 Å². The maximum absolute atomic E-state index is 11.3. The van der Waals surface area contributed by atoms with Gasteiger partial charge in [0.1, 0.15) is 5.69 Å². The maximum atomic E-state index is 11.3. The van der Waals surface area contributed by atoms with E-state index < -0.39 is 0 Å². The molecular formula is C15H9BrClN3O. The third kappa shape index (κ3) is 2.89. The quantitative estimate of drug-likeness (QED) is 0.657. The molecule has 104 valence electrons. The molecule has 3 aromatic rings. The van der Waals surface area contributed by atoms with Crippen molar-refractivity contribution >= 4 is 33.8 Å². The Morgan fingerprint density at radius 2 is 2.10 bits per heavy atom. The highest BCUT2D eigenvalue weighted by Gasteiger charge is 2.13. The first-order valence-electron chi connectivity index (χ1n) is 6.10. The molecule has 0 unspecified atom stereocenters. The van der Waals surface area contributed by atoms with E-state index in [4.69, 9.17) is 11.6 Å². The molecule has 0 spiro atoms. The molecule has 0 aliphatic rings. The number of halogens is 2. The van der Waals surface area contributed by atoms with Crippen molar-refractivity contribution in [2.45, 2.75) is 0 Å². The van der Waals surface area contributed by atoms with E-state index in [0.717, 1.165) is 16.4 Å². The first kappa shape index (κ1) is 14.0. The van der Waals surface area contributed by atoms with E-state index >= 15 is 0 Å². The van der Waals surface area contributed by atoms with Crippen molar-refractivity contribution < 1.29 is 4.79 Å². The van der Waals surface area contributed by atoms with E-state index in [1.54, 1.807) is 29.2 Å². The number of pyridine rings is 1. The van der Waals surface area contributed by atoms with E-state index in [1.807, 2.05) is 24.3 Å². The lowest BCUT2D eigenvalue weighted by Gasteiger charge is -2.01. The lowest BCUT2D eigenvalue weighted by Crippen LogP contribution is -1.95. The largest absolute Gasteiger partial charge is 0.298 e. The van der Waals surface area contributed by atoms with Crippen LogP contribution in [-0.4, -0.2) is 21.1 Å². The molecule has 0 bridgehead atoms. The number of benzene rings is 1. The Labute approximate surface area is 134 Å². The molecule has 0 N–H and O–H groups in total. The predicted octanol–water partition coefficient (Wildman–Crippen LogP) is 4.16. The van der Waals surface area contributed by atoms with Gasteiger partial charge in [0.05, 0.1) is 16.9 Å². The minimum atomic E-state index is 0.477. The average molecular weight is 363 g/mol. The van der Waals surface area contributed by atoms with E-state index in [9.17, 15) is 4.79 Å². The summed E-state index contributed by atoms with van der Waals surface area (Å²) >= 11 is 9.31. The van der Waals surface area contributed by atoms with Crippen LogP contribution in [0, 0.1) is 0 Å². The van der Waals surface area contributed by atoms with Crippen LogP contribution in [0.15, 0.2) is 53.3 Å². The van der Waals surface area contributed by atoms with Gasteiger partial charge in [0, 0.05) is 21.9 Å². The number of rotatable bonds is 3. The number of nitrogens with zero attached hydrogens (tertiary/aromatic N) is 3. The molecule has 6 heteroatoms. The Balaban J connectivity index is 2.10. The fraction of sp³-hybridized carbons (Fsp3) is 0. The fourth-order valence-corrected chi connectivity index (χ4v) is 2.36. The smallest absolute Gasteiger partial charge is 0.153 e. The maximum Gasteiger partial charge on any atom is 0.153 e. The lowest BCUT2D eigenvalue weighted by atomic mass is 10.2. The highest BCUT2D eigenvalue weighted by Crippen LogP contribution is 2.23. The molecule has 21 heavy (non-hydrogen) atoms. The van der Waals surface area contributed by atoms with E-state index in [-0.39, 0.29) is 0 Å². The monoisotopic (exact) mass is 361 g/mol. The van der Waals surface area contributed by atoms with Crippen LogP contribution in [0.4, 0.5) is 0 Å². The highest BCUT2D eigenvalue weighted by atomic mass is 79.9. The van der Waals surface area contributed by atoms with Crippen molar-refractivity contribution in [1.29, 1.82) is 0 Å². The Morgan fingerprint density at radius 1 is 1.24 bits per heavy atom. The molecule has 0 amide bonds. The number of hydrogen-bond donors (Lipinski definition) is 0. The summed E-state index contributed by atoms with van der Waals surface area (Å²) in [6.07, 6.45) is 4.10. The Bertz CT molecular complexity index is 799. The average Bonchev–Trinajstić information content (AvgIpc) is 2.92. The van der Waals surface area contributed by atoms with Gasteiger partial charge in [-0.2, -0.15) is 5.10 Å². The van der Waals surface area contributed by atoms with Crippen LogP contribution >= 0.6 is 27.5 Å². The first-order chi connectivity index (χ1) is 10.2. The molecule has 0 saturated carbocycles. The van der Waals surface area contributed by atoms with Crippen molar-refractivity contribution in [3.63, 3.8) is 0 Å². The first-order valence-corrected chi connectivity index (χ1v) is 7.27. The van der Waals surface area contributed by atoms with Crippen LogP contribution in [0.25, 0.3) is 17.1 Å². The second-order valence-corrected chi connectivity index (χ2v) is 5.69. The molecular weight excluding hydrogens is 354 g/mol. The van der Waals surface area contributed by atoms with Crippen LogP contribution in [0.1, 0.15) is 10.4 Å². The second-order valence-electron chi connectivity index (χ2n) is 4.34. The van der Waals surface area contributed by atoms with Gasteiger partial charge in [0.2, 0.25) is 0 Å².